The SMILES string of the molecule is CCCCCCCCCCCOc1cnc(-c2ccc(C(=O)O)cc2)nc1. The maximum Gasteiger partial charge on any atom is 0.335 e. The van der Waals surface area contributed by atoms with Crippen LogP contribution in [-0.4, -0.2) is 27.7 Å². The Morgan fingerprint density at radius 2 is 1.44 bits per heavy atom. The van der Waals surface area contributed by atoms with Crippen molar-refractivity contribution in [3.63, 3.8) is 0 Å². The molecule has 1 N–H and O–H groups in total. The molecule has 1 aromatic carbocycles. The van der Waals surface area contributed by atoms with Crippen molar-refractivity contribution >= 4 is 5.97 Å². The minimum Gasteiger partial charge on any atom is -0.490 e. The number of nitrogens with zero attached hydrogens (tertiary/aromatic N) is 2. The van der Waals surface area contributed by atoms with Crippen molar-refractivity contribution < 1.29 is 14.6 Å². The lowest BCUT2D eigenvalue weighted by Crippen LogP contribution is -1.99. The third kappa shape index (κ3) is 7.77. The molecule has 0 aliphatic carbocycles. The Labute approximate surface area is 161 Å². The fourth-order valence-electron chi connectivity index (χ4n) is 2.90. The first-order chi connectivity index (χ1) is 13.2. The lowest BCUT2D eigenvalue weighted by molar-refractivity contribution is 0.0697. The maximum absolute atomic E-state index is 10.9. The molecule has 5 heteroatoms. The van der Waals surface area contributed by atoms with Gasteiger partial charge in [-0.25, -0.2) is 14.8 Å². The average Bonchev–Trinajstić information content (AvgIpc) is 2.70. The Bertz CT molecular complexity index is 669. The number of hydrogen-bond acceptors (Lipinski definition) is 4. The highest BCUT2D eigenvalue weighted by Crippen LogP contribution is 2.18. The van der Waals surface area contributed by atoms with E-state index < -0.39 is 5.97 Å². The van der Waals surface area contributed by atoms with Gasteiger partial charge in [-0.3, -0.25) is 0 Å². The van der Waals surface area contributed by atoms with Gasteiger partial charge in [-0.2, -0.15) is 0 Å². The third-order valence-electron chi connectivity index (χ3n) is 4.53. The Morgan fingerprint density at radius 1 is 0.889 bits per heavy atom. The van der Waals surface area contributed by atoms with E-state index in [4.69, 9.17) is 9.84 Å². The third-order valence-corrected chi connectivity index (χ3v) is 4.53. The number of carboxylic acid groups (broad SMARTS) is 1. The number of hydrogen-bond donors (Lipinski definition) is 1. The van der Waals surface area contributed by atoms with Crippen LogP contribution in [0.5, 0.6) is 5.75 Å². The number of aromatic carboxylic acids is 1. The van der Waals surface area contributed by atoms with Crippen molar-refractivity contribution in [2.24, 2.45) is 0 Å². The summed E-state index contributed by atoms with van der Waals surface area (Å²) in [5.41, 5.74) is 1.03. The number of benzene rings is 1. The van der Waals surface area contributed by atoms with Gasteiger partial charge >= 0.3 is 5.97 Å². The van der Waals surface area contributed by atoms with Gasteiger partial charge in [0, 0.05) is 5.56 Å². The molecule has 2 aromatic rings. The standard InChI is InChI=1S/C22H30N2O3/c1-2-3-4-5-6-7-8-9-10-15-27-20-16-23-21(24-17-20)18-11-13-19(14-12-18)22(25)26/h11-14,16-17H,2-10,15H2,1H3,(H,25,26). The van der Waals surface area contributed by atoms with Crippen molar-refractivity contribution in [1.29, 1.82) is 0 Å². The number of rotatable bonds is 13. The quantitative estimate of drug-likeness (QED) is 0.454. The summed E-state index contributed by atoms with van der Waals surface area (Å²) >= 11 is 0. The predicted molar refractivity (Wildman–Crippen MR) is 107 cm³/mol. The number of carboxylic acids is 1. The molecule has 0 aliphatic rings. The van der Waals surface area contributed by atoms with Gasteiger partial charge < -0.3 is 9.84 Å². The van der Waals surface area contributed by atoms with E-state index >= 15 is 0 Å². The summed E-state index contributed by atoms with van der Waals surface area (Å²) in [4.78, 5) is 19.5. The average molecular weight is 370 g/mol. The highest BCUT2D eigenvalue weighted by atomic mass is 16.5. The molecule has 0 saturated carbocycles. The zero-order valence-electron chi connectivity index (χ0n) is 16.2. The lowest BCUT2D eigenvalue weighted by atomic mass is 10.1. The Balaban J connectivity index is 1.63. The molecule has 146 valence electrons. The van der Waals surface area contributed by atoms with Gasteiger partial charge in [0.2, 0.25) is 0 Å². The van der Waals surface area contributed by atoms with Crippen LogP contribution in [0.15, 0.2) is 36.7 Å². The fraction of sp³-hybridized carbons (Fsp3) is 0.500. The fourth-order valence-corrected chi connectivity index (χ4v) is 2.90. The molecule has 0 atom stereocenters. The molecule has 2 rings (SSSR count). The zero-order valence-corrected chi connectivity index (χ0v) is 16.2. The Hall–Kier alpha value is -2.43. The van der Waals surface area contributed by atoms with Crippen molar-refractivity contribution in [1.82, 2.24) is 9.97 Å². The van der Waals surface area contributed by atoms with Crippen LogP contribution in [0.25, 0.3) is 11.4 Å². The largest absolute Gasteiger partial charge is 0.490 e. The highest BCUT2D eigenvalue weighted by Gasteiger charge is 2.05. The normalized spacial score (nSPS) is 10.7. The Kier molecular flexibility index (Phi) is 9.31. The topological polar surface area (TPSA) is 72.3 Å². The van der Waals surface area contributed by atoms with Crippen LogP contribution in [0.3, 0.4) is 0 Å². The van der Waals surface area contributed by atoms with Crippen LogP contribution in [0.2, 0.25) is 0 Å². The van der Waals surface area contributed by atoms with Crippen LogP contribution < -0.4 is 4.74 Å². The van der Waals surface area contributed by atoms with E-state index in [1.54, 1.807) is 36.7 Å². The minimum absolute atomic E-state index is 0.250. The Morgan fingerprint density at radius 3 is 2.00 bits per heavy atom. The van der Waals surface area contributed by atoms with E-state index in [1.165, 1.54) is 51.4 Å². The molecular weight excluding hydrogens is 340 g/mol. The summed E-state index contributed by atoms with van der Waals surface area (Å²) in [5, 5.41) is 8.93. The van der Waals surface area contributed by atoms with Gasteiger partial charge in [0.05, 0.1) is 24.6 Å². The number of aromatic nitrogens is 2. The van der Waals surface area contributed by atoms with Crippen LogP contribution in [0.4, 0.5) is 0 Å². The van der Waals surface area contributed by atoms with E-state index in [2.05, 4.69) is 16.9 Å². The second-order valence-electron chi connectivity index (χ2n) is 6.80. The van der Waals surface area contributed by atoms with E-state index in [9.17, 15) is 4.79 Å². The summed E-state index contributed by atoms with van der Waals surface area (Å²) < 4.78 is 5.70. The molecule has 0 unspecified atom stereocenters. The monoisotopic (exact) mass is 370 g/mol. The number of ether oxygens (including phenoxy) is 1. The molecule has 1 heterocycles. The number of unbranched alkanes of at least 4 members (excludes halogenated alkanes) is 8. The first-order valence-electron chi connectivity index (χ1n) is 9.99. The van der Waals surface area contributed by atoms with Crippen molar-refractivity contribution in [2.75, 3.05) is 6.61 Å². The molecule has 0 bridgehead atoms. The van der Waals surface area contributed by atoms with Crippen LogP contribution in [0.1, 0.15) is 75.1 Å². The van der Waals surface area contributed by atoms with E-state index in [1.807, 2.05) is 0 Å². The van der Waals surface area contributed by atoms with Gasteiger partial charge in [0.15, 0.2) is 11.6 Å². The first kappa shape index (κ1) is 20.9. The van der Waals surface area contributed by atoms with Crippen LogP contribution in [-0.2, 0) is 0 Å². The summed E-state index contributed by atoms with van der Waals surface area (Å²) in [6, 6.07) is 6.52. The summed E-state index contributed by atoms with van der Waals surface area (Å²) in [7, 11) is 0. The van der Waals surface area contributed by atoms with Crippen molar-refractivity contribution in [2.45, 2.75) is 64.7 Å². The van der Waals surface area contributed by atoms with E-state index in [-0.39, 0.29) is 5.56 Å². The lowest BCUT2D eigenvalue weighted by Gasteiger charge is -2.06. The summed E-state index contributed by atoms with van der Waals surface area (Å²) in [6.07, 6.45) is 14.9. The molecule has 0 amide bonds. The first-order valence-corrected chi connectivity index (χ1v) is 9.99. The summed E-state index contributed by atoms with van der Waals surface area (Å²) in [6.45, 7) is 2.93. The molecule has 0 fully saturated rings. The van der Waals surface area contributed by atoms with Gasteiger partial charge in [0.1, 0.15) is 0 Å². The predicted octanol–water partition coefficient (Wildman–Crippen LogP) is 5.75. The molecule has 27 heavy (non-hydrogen) atoms. The molecule has 0 aliphatic heterocycles. The van der Waals surface area contributed by atoms with Crippen molar-refractivity contribution in [3.05, 3.63) is 42.2 Å². The van der Waals surface area contributed by atoms with Crippen molar-refractivity contribution in [3.8, 4) is 17.1 Å². The number of carbonyl (C=O) groups is 1. The second kappa shape index (κ2) is 12.0. The minimum atomic E-state index is -0.942. The van der Waals surface area contributed by atoms with Gasteiger partial charge in [0.25, 0.3) is 0 Å². The molecule has 0 saturated heterocycles. The van der Waals surface area contributed by atoms with Crippen LogP contribution >= 0.6 is 0 Å². The maximum atomic E-state index is 10.9. The highest BCUT2D eigenvalue weighted by molar-refractivity contribution is 5.88. The molecule has 0 radical (unpaired) electrons. The van der Waals surface area contributed by atoms with E-state index in [0.29, 0.717) is 18.2 Å². The molecule has 1 aromatic heterocycles. The molecular formula is C22H30N2O3. The molecule has 5 nitrogen and oxygen atoms in total. The van der Waals surface area contributed by atoms with Gasteiger partial charge in [-0.05, 0) is 18.6 Å². The zero-order chi connectivity index (χ0) is 19.3. The summed E-state index contributed by atoms with van der Waals surface area (Å²) in [5.74, 6) is 0.283. The smallest absolute Gasteiger partial charge is 0.335 e. The van der Waals surface area contributed by atoms with Gasteiger partial charge in [-0.1, -0.05) is 70.4 Å². The second-order valence-corrected chi connectivity index (χ2v) is 6.80. The van der Waals surface area contributed by atoms with Crippen LogP contribution in [0, 0.1) is 0 Å². The van der Waals surface area contributed by atoms with E-state index in [0.717, 1.165) is 12.0 Å². The van der Waals surface area contributed by atoms with Gasteiger partial charge in [-0.15, -0.1) is 0 Å². The molecule has 0 spiro atoms.